The summed E-state index contributed by atoms with van der Waals surface area (Å²) in [6.45, 7) is 6.29. The number of rotatable bonds is 7. The Hall–Kier alpha value is -1.74. The third-order valence-electron chi connectivity index (χ3n) is 2.96. The van der Waals surface area contributed by atoms with E-state index in [1.54, 1.807) is 0 Å². The van der Waals surface area contributed by atoms with Gasteiger partial charge in [-0.05, 0) is 33.3 Å². The van der Waals surface area contributed by atoms with Crippen LogP contribution in [0.3, 0.4) is 0 Å². The zero-order valence-corrected chi connectivity index (χ0v) is 15.0. The molecule has 9 heteroatoms. The number of hydrogen-bond donors (Lipinski definition) is 2. The predicted octanol–water partition coefficient (Wildman–Crippen LogP) is 1.76. The quantitative estimate of drug-likeness (QED) is 0.444. The third kappa shape index (κ3) is 5.76. The fraction of sp³-hybridized carbons (Fsp3) is 0.500. The van der Waals surface area contributed by atoms with Gasteiger partial charge in [0.1, 0.15) is 5.01 Å². The minimum absolute atomic E-state index is 0.0189. The van der Waals surface area contributed by atoms with E-state index in [1.807, 2.05) is 26.8 Å². The molecule has 2 heterocycles. The van der Waals surface area contributed by atoms with E-state index in [1.165, 1.54) is 23.1 Å². The number of nitrogens with one attached hydrogen (secondary N) is 1. The lowest BCUT2D eigenvalue weighted by atomic mass is 10.3. The number of aryl methyl sites for hydroxylation is 3. The molecule has 23 heavy (non-hydrogen) atoms. The summed E-state index contributed by atoms with van der Waals surface area (Å²) in [5.74, 6) is -0.0189. The number of nitrogens with two attached hydrogens (primary N) is 1. The minimum Gasteiger partial charge on any atom is -0.374 e. The summed E-state index contributed by atoms with van der Waals surface area (Å²) in [7, 11) is 0. The first-order valence-corrected chi connectivity index (χ1v) is 8.98. The Labute approximate surface area is 143 Å². The zero-order chi connectivity index (χ0) is 16.8. The van der Waals surface area contributed by atoms with E-state index in [9.17, 15) is 4.79 Å². The standard InChI is InChI=1S/C14H20N6OS2/c1-8-7-9(2)18-14(17-8)22-10(3)12(21)16-6-4-5-11-19-20-13(15)23-11/h7,10H,4-6H2,1-3H3,(H2,15,20)(H,16,21). The first-order valence-electron chi connectivity index (χ1n) is 7.28. The van der Waals surface area contributed by atoms with Gasteiger partial charge in [0, 0.05) is 24.4 Å². The van der Waals surface area contributed by atoms with Gasteiger partial charge in [-0.25, -0.2) is 9.97 Å². The molecule has 1 unspecified atom stereocenters. The summed E-state index contributed by atoms with van der Waals surface area (Å²) in [6, 6.07) is 1.91. The topological polar surface area (TPSA) is 107 Å². The van der Waals surface area contributed by atoms with Crippen molar-refractivity contribution in [3.05, 3.63) is 22.5 Å². The molecule has 0 aromatic carbocycles. The molecule has 0 aliphatic heterocycles. The Morgan fingerprint density at radius 3 is 2.65 bits per heavy atom. The van der Waals surface area contributed by atoms with Gasteiger partial charge in [0.05, 0.1) is 5.25 Å². The molecule has 2 aromatic rings. The van der Waals surface area contributed by atoms with Crippen LogP contribution in [-0.2, 0) is 11.2 Å². The van der Waals surface area contributed by atoms with Crippen LogP contribution in [0.5, 0.6) is 0 Å². The highest BCUT2D eigenvalue weighted by molar-refractivity contribution is 8.00. The number of thioether (sulfide) groups is 1. The van der Waals surface area contributed by atoms with Crippen LogP contribution in [-0.4, -0.2) is 37.9 Å². The van der Waals surface area contributed by atoms with Gasteiger partial charge in [0.15, 0.2) is 5.16 Å². The van der Waals surface area contributed by atoms with Crippen molar-refractivity contribution in [2.45, 2.75) is 44.0 Å². The van der Waals surface area contributed by atoms with Crippen LogP contribution in [0.15, 0.2) is 11.2 Å². The predicted molar refractivity (Wildman–Crippen MR) is 92.5 cm³/mol. The SMILES string of the molecule is Cc1cc(C)nc(SC(C)C(=O)NCCCc2nnc(N)s2)n1. The minimum atomic E-state index is -0.242. The molecule has 0 radical (unpaired) electrons. The number of hydrogen-bond acceptors (Lipinski definition) is 8. The molecule has 1 amide bonds. The van der Waals surface area contributed by atoms with Crippen LogP contribution in [0.25, 0.3) is 0 Å². The van der Waals surface area contributed by atoms with Crippen molar-refractivity contribution in [3.8, 4) is 0 Å². The maximum atomic E-state index is 12.1. The van der Waals surface area contributed by atoms with E-state index in [0.717, 1.165) is 29.2 Å². The maximum Gasteiger partial charge on any atom is 0.233 e. The Bertz CT molecular complexity index is 655. The molecular weight excluding hydrogens is 332 g/mol. The van der Waals surface area contributed by atoms with Crippen molar-refractivity contribution in [1.29, 1.82) is 0 Å². The number of amides is 1. The number of carbonyl (C=O) groups is 1. The van der Waals surface area contributed by atoms with Gasteiger partial charge in [-0.2, -0.15) is 0 Å². The van der Waals surface area contributed by atoms with Crippen LogP contribution < -0.4 is 11.1 Å². The lowest BCUT2D eigenvalue weighted by Gasteiger charge is -2.11. The molecule has 0 fully saturated rings. The van der Waals surface area contributed by atoms with E-state index < -0.39 is 0 Å². The number of aromatic nitrogens is 4. The molecule has 2 aromatic heterocycles. The summed E-state index contributed by atoms with van der Waals surface area (Å²) >= 11 is 2.75. The molecule has 3 N–H and O–H groups in total. The summed E-state index contributed by atoms with van der Waals surface area (Å²) < 4.78 is 0. The van der Waals surface area contributed by atoms with Crippen molar-refractivity contribution >= 4 is 34.1 Å². The molecule has 7 nitrogen and oxygen atoms in total. The lowest BCUT2D eigenvalue weighted by molar-refractivity contribution is -0.120. The van der Waals surface area contributed by atoms with Gasteiger partial charge in [0.2, 0.25) is 11.0 Å². The monoisotopic (exact) mass is 352 g/mol. The second kappa shape index (κ2) is 8.21. The number of anilines is 1. The first-order chi connectivity index (χ1) is 10.9. The van der Waals surface area contributed by atoms with E-state index in [-0.39, 0.29) is 11.2 Å². The maximum absolute atomic E-state index is 12.1. The average molecular weight is 352 g/mol. The molecule has 0 aliphatic carbocycles. The largest absolute Gasteiger partial charge is 0.374 e. The van der Waals surface area contributed by atoms with Crippen LogP contribution >= 0.6 is 23.1 Å². The molecule has 2 rings (SSSR count). The second-order valence-corrected chi connectivity index (χ2v) is 7.52. The molecule has 0 saturated carbocycles. The van der Waals surface area contributed by atoms with Crippen molar-refractivity contribution in [3.63, 3.8) is 0 Å². The van der Waals surface area contributed by atoms with Gasteiger partial charge in [-0.15, -0.1) is 10.2 Å². The van der Waals surface area contributed by atoms with Crippen LogP contribution in [0.4, 0.5) is 5.13 Å². The summed E-state index contributed by atoms with van der Waals surface area (Å²) in [5, 5.41) is 12.4. The van der Waals surface area contributed by atoms with Gasteiger partial charge in [-0.3, -0.25) is 4.79 Å². The summed E-state index contributed by atoms with van der Waals surface area (Å²) in [4.78, 5) is 20.8. The van der Waals surface area contributed by atoms with Gasteiger partial charge in [-0.1, -0.05) is 23.1 Å². The van der Waals surface area contributed by atoms with Gasteiger partial charge < -0.3 is 11.1 Å². The van der Waals surface area contributed by atoms with E-state index in [2.05, 4.69) is 25.5 Å². The van der Waals surface area contributed by atoms with Gasteiger partial charge in [0.25, 0.3) is 0 Å². The Kier molecular flexibility index (Phi) is 6.28. The van der Waals surface area contributed by atoms with Crippen LogP contribution in [0.2, 0.25) is 0 Å². The molecule has 124 valence electrons. The molecule has 0 bridgehead atoms. The first kappa shape index (κ1) is 17.6. The third-order valence-corrected chi connectivity index (χ3v) is 4.74. The number of nitrogen functional groups attached to an aromatic ring is 1. The highest BCUT2D eigenvalue weighted by atomic mass is 32.2. The van der Waals surface area contributed by atoms with Crippen molar-refractivity contribution < 1.29 is 4.79 Å². The molecule has 0 aliphatic rings. The van der Waals surface area contributed by atoms with Crippen molar-refractivity contribution in [1.82, 2.24) is 25.5 Å². The average Bonchev–Trinajstić information content (AvgIpc) is 2.87. The van der Waals surface area contributed by atoms with Crippen molar-refractivity contribution in [2.24, 2.45) is 0 Å². The Balaban J connectivity index is 1.74. The Morgan fingerprint density at radius 1 is 1.35 bits per heavy atom. The Morgan fingerprint density at radius 2 is 2.04 bits per heavy atom. The van der Waals surface area contributed by atoms with E-state index in [4.69, 9.17) is 5.73 Å². The van der Waals surface area contributed by atoms with Crippen molar-refractivity contribution in [2.75, 3.05) is 12.3 Å². The van der Waals surface area contributed by atoms with E-state index >= 15 is 0 Å². The van der Waals surface area contributed by atoms with Crippen LogP contribution in [0.1, 0.15) is 29.7 Å². The highest BCUT2D eigenvalue weighted by Gasteiger charge is 2.16. The zero-order valence-electron chi connectivity index (χ0n) is 13.4. The van der Waals surface area contributed by atoms with Gasteiger partial charge >= 0.3 is 0 Å². The smallest absolute Gasteiger partial charge is 0.233 e. The fourth-order valence-corrected chi connectivity index (χ4v) is 3.47. The fourth-order valence-electron chi connectivity index (χ4n) is 1.92. The van der Waals surface area contributed by atoms with Crippen LogP contribution in [0, 0.1) is 13.8 Å². The highest BCUT2D eigenvalue weighted by Crippen LogP contribution is 2.20. The number of nitrogens with zero attached hydrogens (tertiary/aromatic N) is 4. The summed E-state index contributed by atoms with van der Waals surface area (Å²) in [5.41, 5.74) is 7.34. The molecule has 0 saturated heterocycles. The van der Waals surface area contributed by atoms with E-state index in [0.29, 0.717) is 16.8 Å². The molecule has 0 spiro atoms. The molecular formula is C14H20N6OS2. The number of carbonyl (C=O) groups excluding carboxylic acids is 1. The lowest BCUT2D eigenvalue weighted by Crippen LogP contribution is -2.32. The second-order valence-electron chi connectivity index (χ2n) is 5.12. The molecule has 1 atom stereocenters. The summed E-state index contributed by atoms with van der Waals surface area (Å²) in [6.07, 6.45) is 1.56. The normalized spacial score (nSPS) is 12.1.